The highest BCUT2D eigenvalue weighted by molar-refractivity contribution is 9.10. The van der Waals surface area contributed by atoms with Gasteiger partial charge in [-0.3, -0.25) is 0 Å². The molecule has 2 rings (SSSR count). The number of aliphatic hydroxyl groups excluding tert-OH is 2. The minimum Gasteiger partial charge on any atom is -0.396 e. The van der Waals surface area contributed by atoms with Crippen LogP contribution in [0.15, 0.2) is 22.7 Å². The van der Waals surface area contributed by atoms with Crippen molar-refractivity contribution in [1.29, 1.82) is 0 Å². The quantitative estimate of drug-likeness (QED) is 0.895. The molecule has 1 fully saturated rings. The van der Waals surface area contributed by atoms with Gasteiger partial charge in [0.15, 0.2) is 0 Å². The van der Waals surface area contributed by atoms with Crippen LogP contribution >= 0.6 is 15.9 Å². The third-order valence-corrected chi connectivity index (χ3v) is 3.87. The minimum absolute atomic E-state index is 0.0732. The van der Waals surface area contributed by atoms with E-state index in [1.807, 2.05) is 12.1 Å². The highest BCUT2D eigenvalue weighted by atomic mass is 79.9. The molecule has 17 heavy (non-hydrogen) atoms. The first-order chi connectivity index (χ1) is 8.24. The molecule has 1 aliphatic rings. The van der Waals surface area contributed by atoms with Gasteiger partial charge in [0, 0.05) is 35.4 Å². The van der Waals surface area contributed by atoms with Crippen LogP contribution < -0.4 is 4.90 Å². The Bertz CT molecular complexity index is 384. The van der Waals surface area contributed by atoms with E-state index < -0.39 is 0 Å². The van der Waals surface area contributed by atoms with Gasteiger partial charge in [-0.25, -0.2) is 0 Å². The predicted molar refractivity (Wildman–Crippen MR) is 72.1 cm³/mol. The van der Waals surface area contributed by atoms with Gasteiger partial charge in [0.25, 0.3) is 0 Å². The zero-order valence-corrected chi connectivity index (χ0v) is 11.4. The molecule has 0 bridgehead atoms. The zero-order chi connectivity index (χ0) is 12.3. The van der Waals surface area contributed by atoms with Crippen molar-refractivity contribution in [3.63, 3.8) is 0 Å². The average molecular weight is 300 g/mol. The molecule has 1 atom stereocenters. The second kappa shape index (κ2) is 5.85. The molecule has 1 saturated heterocycles. The van der Waals surface area contributed by atoms with Gasteiger partial charge in [-0.1, -0.05) is 22.0 Å². The lowest BCUT2D eigenvalue weighted by molar-refractivity contribution is 0.263. The van der Waals surface area contributed by atoms with Crippen LogP contribution in [0, 0.1) is 5.92 Å². The summed E-state index contributed by atoms with van der Waals surface area (Å²) in [6, 6.07) is 5.97. The predicted octanol–water partition coefficient (Wildman–Crippen LogP) is 2.15. The van der Waals surface area contributed by atoms with Crippen LogP contribution in [0.5, 0.6) is 0 Å². The monoisotopic (exact) mass is 299 g/mol. The lowest BCUT2D eigenvalue weighted by Gasteiger charge is -2.22. The first-order valence-corrected chi connectivity index (χ1v) is 6.79. The molecule has 1 aromatic rings. The fourth-order valence-corrected chi connectivity index (χ4v) is 2.78. The van der Waals surface area contributed by atoms with Crippen LogP contribution in [-0.4, -0.2) is 29.9 Å². The molecule has 1 unspecified atom stereocenters. The van der Waals surface area contributed by atoms with Crippen molar-refractivity contribution in [3.05, 3.63) is 28.2 Å². The Morgan fingerprint density at radius 3 is 2.88 bits per heavy atom. The maximum Gasteiger partial charge on any atom is 0.0702 e. The summed E-state index contributed by atoms with van der Waals surface area (Å²) >= 11 is 3.47. The number of nitrogens with zero attached hydrogens (tertiary/aromatic N) is 1. The Balaban J connectivity index is 2.14. The molecule has 1 aliphatic heterocycles. The van der Waals surface area contributed by atoms with E-state index in [0.717, 1.165) is 41.7 Å². The molecule has 1 aromatic carbocycles. The van der Waals surface area contributed by atoms with Crippen molar-refractivity contribution < 1.29 is 10.2 Å². The normalized spacial score (nSPS) is 19.9. The largest absolute Gasteiger partial charge is 0.396 e. The summed E-state index contributed by atoms with van der Waals surface area (Å²) in [7, 11) is 0. The van der Waals surface area contributed by atoms with E-state index in [-0.39, 0.29) is 13.2 Å². The first-order valence-electron chi connectivity index (χ1n) is 5.99. The molecule has 1 heterocycles. The lowest BCUT2D eigenvalue weighted by Crippen LogP contribution is -2.21. The van der Waals surface area contributed by atoms with Crippen molar-refractivity contribution in [2.75, 3.05) is 24.6 Å². The Morgan fingerprint density at radius 2 is 2.18 bits per heavy atom. The third kappa shape index (κ3) is 3.00. The highest BCUT2D eigenvalue weighted by Gasteiger charge is 2.23. The molecule has 94 valence electrons. The first kappa shape index (κ1) is 12.9. The molecule has 0 amide bonds. The van der Waals surface area contributed by atoms with Crippen molar-refractivity contribution in [2.24, 2.45) is 5.92 Å². The smallest absolute Gasteiger partial charge is 0.0702 e. The third-order valence-electron chi connectivity index (χ3n) is 3.38. The van der Waals surface area contributed by atoms with Gasteiger partial charge < -0.3 is 15.1 Å². The van der Waals surface area contributed by atoms with Crippen molar-refractivity contribution >= 4 is 21.6 Å². The molecular weight excluding hydrogens is 282 g/mol. The zero-order valence-electron chi connectivity index (χ0n) is 9.77. The molecule has 0 radical (unpaired) electrons. The number of anilines is 1. The topological polar surface area (TPSA) is 43.7 Å². The summed E-state index contributed by atoms with van der Waals surface area (Å²) in [6.45, 7) is 2.33. The molecule has 0 saturated carbocycles. The van der Waals surface area contributed by atoms with Crippen molar-refractivity contribution in [2.45, 2.75) is 19.4 Å². The SMILES string of the molecule is OCCC1CCN(c2cc(Br)ccc2CO)C1. The van der Waals surface area contributed by atoms with Gasteiger partial charge in [-0.15, -0.1) is 0 Å². The fraction of sp³-hybridized carbons (Fsp3) is 0.538. The molecule has 2 N–H and O–H groups in total. The number of rotatable bonds is 4. The van der Waals surface area contributed by atoms with E-state index in [9.17, 15) is 5.11 Å². The molecule has 3 nitrogen and oxygen atoms in total. The van der Waals surface area contributed by atoms with Crippen LogP contribution in [0.3, 0.4) is 0 Å². The maximum absolute atomic E-state index is 9.36. The Morgan fingerprint density at radius 1 is 1.35 bits per heavy atom. The maximum atomic E-state index is 9.36. The Labute approximate surface area is 110 Å². The van der Waals surface area contributed by atoms with Gasteiger partial charge in [0.05, 0.1) is 6.61 Å². The van der Waals surface area contributed by atoms with Crippen molar-refractivity contribution in [3.8, 4) is 0 Å². The summed E-state index contributed by atoms with van der Waals surface area (Å²) in [6.07, 6.45) is 2.00. The van der Waals surface area contributed by atoms with E-state index in [2.05, 4.69) is 26.9 Å². The second-order valence-corrected chi connectivity index (χ2v) is 5.46. The summed E-state index contributed by atoms with van der Waals surface area (Å²) in [5, 5.41) is 18.3. The Hall–Kier alpha value is -0.580. The van der Waals surface area contributed by atoms with Crippen LogP contribution in [-0.2, 0) is 6.61 Å². The average Bonchev–Trinajstić information content (AvgIpc) is 2.78. The molecule has 0 aliphatic carbocycles. The van der Waals surface area contributed by atoms with Crippen LogP contribution in [0.25, 0.3) is 0 Å². The van der Waals surface area contributed by atoms with Gasteiger partial charge in [0.2, 0.25) is 0 Å². The fourth-order valence-electron chi connectivity index (χ4n) is 2.43. The molecule has 4 heteroatoms. The summed E-state index contributed by atoms with van der Waals surface area (Å²) < 4.78 is 1.04. The van der Waals surface area contributed by atoms with E-state index in [0.29, 0.717) is 5.92 Å². The summed E-state index contributed by atoms with van der Waals surface area (Å²) in [4.78, 5) is 2.30. The van der Waals surface area contributed by atoms with Crippen LogP contribution in [0.2, 0.25) is 0 Å². The summed E-state index contributed by atoms with van der Waals surface area (Å²) in [5.41, 5.74) is 2.08. The van der Waals surface area contributed by atoms with E-state index >= 15 is 0 Å². The highest BCUT2D eigenvalue weighted by Crippen LogP contribution is 2.30. The van der Waals surface area contributed by atoms with Crippen LogP contribution in [0.1, 0.15) is 18.4 Å². The number of halogens is 1. The second-order valence-electron chi connectivity index (χ2n) is 4.54. The number of hydrogen-bond donors (Lipinski definition) is 2. The molecular formula is C13H18BrNO2. The number of aliphatic hydroxyl groups is 2. The minimum atomic E-state index is 0.0732. The van der Waals surface area contributed by atoms with Gasteiger partial charge in [-0.2, -0.15) is 0 Å². The molecule has 0 spiro atoms. The van der Waals surface area contributed by atoms with Gasteiger partial charge >= 0.3 is 0 Å². The number of benzene rings is 1. The van der Waals surface area contributed by atoms with Gasteiger partial charge in [-0.05, 0) is 30.9 Å². The van der Waals surface area contributed by atoms with E-state index in [1.54, 1.807) is 0 Å². The molecule has 0 aromatic heterocycles. The standard InChI is InChI=1S/C13H18BrNO2/c14-12-2-1-11(9-17)13(7-12)15-5-3-10(8-15)4-6-16/h1-2,7,10,16-17H,3-6,8-9H2. The number of hydrogen-bond acceptors (Lipinski definition) is 3. The summed E-state index contributed by atoms with van der Waals surface area (Å²) in [5.74, 6) is 0.575. The van der Waals surface area contributed by atoms with Crippen LogP contribution in [0.4, 0.5) is 5.69 Å². The van der Waals surface area contributed by atoms with Gasteiger partial charge in [0.1, 0.15) is 0 Å². The lowest BCUT2D eigenvalue weighted by atomic mass is 10.1. The van der Waals surface area contributed by atoms with E-state index in [1.165, 1.54) is 0 Å². The van der Waals surface area contributed by atoms with E-state index in [4.69, 9.17) is 5.11 Å². The van der Waals surface area contributed by atoms with Crippen molar-refractivity contribution in [1.82, 2.24) is 0 Å². The Kier molecular flexibility index (Phi) is 4.42.